The molecule has 0 unspecified atom stereocenters. The van der Waals surface area contributed by atoms with Gasteiger partial charge in [-0.25, -0.2) is 0 Å². The molecule has 0 aliphatic carbocycles. The highest BCUT2D eigenvalue weighted by Gasteiger charge is 1.99. The van der Waals surface area contributed by atoms with E-state index in [-0.39, 0.29) is 0 Å². The number of hydrogen-bond acceptors (Lipinski definition) is 3. The van der Waals surface area contributed by atoms with Gasteiger partial charge in [-0.3, -0.25) is 0 Å². The Labute approximate surface area is 124 Å². The highest BCUT2D eigenvalue weighted by molar-refractivity contribution is 5.44. The van der Waals surface area contributed by atoms with Crippen molar-refractivity contribution in [3.63, 3.8) is 0 Å². The Morgan fingerprint density at radius 3 is 2.55 bits per heavy atom. The van der Waals surface area contributed by atoms with Gasteiger partial charge in [-0.1, -0.05) is 32.0 Å². The predicted octanol–water partition coefficient (Wildman–Crippen LogP) is 3.17. The molecule has 0 amide bonds. The second-order valence-electron chi connectivity index (χ2n) is 5.66. The first kappa shape index (κ1) is 17.0. The number of nitrogens with zero attached hydrogens (tertiary/aromatic N) is 1. The van der Waals surface area contributed by atoms with Crippen LogP contribution in [0.15, 0.2) is 30.3 Å². The molecule has 3 heteroatoms. The Bertz CT molecular complexity index is 327. The summed E-state index contributed by atoms with van der Waals surface area (Å²) >= 11 is 0. The Hall–Kier alpha value is -1.06. The Balaban J connectivity index is 1.92. The minimum Gasteiger partial charge on any atom is -0.380 e. The summed E-state index contributed by atoms with van der Waals surface area (Å²) in [6.45, 7) is 9.23. The lowest BCUT2D eigenvalue weighted by molar-refractivity contribution is 0.125. The summed E-state index contributed by atoms with van der Waals surface area (Å²) in [7, 11) is 2.14. The van der Waals surface area contributed by atoms with Crippen molar-refractivity contribution in [3.05, 3.63) is 30.3 Å². The molecule has 20 heavy (non-hydrogen) atoms. The van der Waals surface area contributed by atoms with Gasteiger partial charge in [0.05, 0.1) is 6.61 Å². The van der Waals surface area contributed by atoms with Crippen LogP contribution in [-0.4, -0.2) is 39.9 Å². The number of nitrogens with one attached hydrogen (secondary N) is 1. The first-order valence-electron chi connectivity index (χ1n) is 7.75. The highest BCUT2D eigenvalue weighted by atomic mass is 16.5. The predicted molar refractivity (Wildman–Crippen MR) is 87.5 cm³/mol. The molecule has 0 radical (unpaired) electrons. The largest absolute Gasteiger partial charge is 0.380 e. The van der Waals surface area contributed by atoms with Crippen LogP contribution in [0.1, 0.15) is 26.7 Å². The van der Waals surface area contributed by atoms with Crippen molar-refractivity contribution in [2.45, 2.75) is 26.7 Å². The topological polar surface area (TPSA) is 24.5 Å². The zero-order valence-corrected chi connectivity index (χ0v) is 13.3. The van der Waals surface area contributed by atoms with Gasteiger partial charge in [0, 0.05) is 32.4 Å². The molecule has 0 saturated heterocycles. The van der Waals surface area contributed by atoms with Crippen LogP contribution in [0.25, 0.3) is 0 Å². The van der Waals surface area contributed by atoms with E-state index < -0.39 is 0 Å². The van der Waals surface area contributed by atoms with Gasteiger partial charge < -0.3 is 15.0 Å². The summed E-state index contributed by atoms with van der Waals surface area (Å²) in [6, 6.07) is 10.5. The number of hydrogen-bond donors (Lipinski definition) is 1. The SMILES string of the molecule is CC(C)CCOCCNCCCN(C)c1ccccc1. The third-order valence-electron chi connectivity index (χ3n) is 3.31. The fourth-order valence-electron chi connectivity index (χ4n) is 1.94. The van der Waals surface area contributed by atoms with Crippen LogP contribution in [0.3, 0.4) is 0 Å². The smallest absolute Gasteiger partial charge is 0.0590 e. The number of benzene rings is 1. The van der Waals surface area contributed by atoms with Gasteiger partial charge in [-0.05, 0) is 37.4 Å². The van der Waals surface area contributed by atoms with E-state index in [2.05, 4.69) is 61.4 Å². The maximum atomic E-state index is 5.57. The molecule has 0 heterocycles. The summed E-state index contributed by atoms with van der Waals surface area (Å²) in [5.74, 6) is 0.733. The lowest BCUT2D eigenvalue weighted by Crippen LogP contribution is -2.26. The molecule has 0 atom stereocenters. The lowest BCUT2D eigenvalue weighted by atomic mass is 10.1. The van der Waals surface area contributed by atoms with E-state index in [0.29, 0.717) is 0 Å². The number of anilines is 1. The molecule has 1 aromatic rings. The van der Waals surface area contributed by atoms with Crippen LogP contribution in [0.5, 0.6) is 0 Å². The zero-order valence-electron chi connectivity index (χ0n) is 13.3. The second-order valence-corrected chi connectivity index (χ2v) is 5.66. The molecule has 3 nitrogen and oxygen atoms in total. The molecule has 0 fully saturated rings. The molecule has 0 aromatic heterocycles. The van der Waals surface area contributed by atoms with Crippen LogP contribution < -0.4 is 10.2 Å². The van der Waals surface area contributed by atoms with Gasteiger partial charge >= 0.3 is 0 Å². The van der Waals surface area contributed by atoms with Gasteiger partial charge in [-0.2, -0.15) is 0 Å². The van der Waals surface area contributed by atoms with Crippen molar-refractivity contribution in [1.29, 1.82) is 0 Å². The summed E-state index contributed by atoms with van der Waals surface area (Å²) < 4.78 is 5.57. The van der Waals surface area contributed by atoms with Crippen LogP contribution >= 0.6 is 0 Å². The molecule has 0 spiro atoms. The van der Waals surface area contributed by atoms with Crippen molar-refractivity contribution >= 4 is 5.69 Å². The molecule has 1 aromatic carbocycles. The summed E-state index contributed by atoms with van der Waals surface area (Å²) in [6.07, 6.45) is 2.30. The Morgan fingerprint density at radius 1 is 1.10 bits per heavy atom. The summed E-state index contributed by atoms with van der Waals surface area (Å²) in [4.78, 5) is 2.29. The fraction of sp³-hybridized carbons (Fsp3) is 0.647. The second kappa shape index (κ2) is 10.7. The van der Waals surface area contributed by atoms with Gasteiger partial charge in [0.25, 0.3) is 0 Å². The van der Waals surface area contributed by atoms with Crippen molar-refractivity contribution in [3.8, 4) is 0 Å². The van der Waals surface area contributed by atoms with Crippen LogP contribution in [0, 0.1) is 5.92 Å². The molecular weight excluding hydrogens is 248 g/mol. The average molecular weight is 278 g/mol. The lowest BCUT2D eigenvalue weighted by Gasteiger charge is -2.19. The molecule has 0 saturated carbocycles. The van der Waals surface area contributed by atoms with Crippen LogP contribution in [-0.2, 0) is 4.74 Å². The van der Waals surface area contributed by atoms with E-state index in [1.165, 1.54) is 5.69 Å². The molecule has 1 N–H and O–H groups in total. The van der Waals surface area contributed by atoms with E-state index >= 15 is 0 Å². The van der Waals surface area contributed by atoms with Crippen molar-refractivity contribution < 1.29 is 4.74 Å². The van der Waals surface area contributed by atoms with E-state index in [1.54, 1.807) is 0 Å². The first-order chi connectivity index (χ1) is 9.70. The average Bonchev–Trinajstić information content (AvgIpc) is 2.46. The monoisotopic (exact) mass is 278 g/mol. The Morgan fingerprint density at radius 2 is 1.85 bits per heavy atom. The Kier molecular flexibility index (Phi) is 9.09. The van der Waals surface area contributed by atoms with E-state index in [4.69, 9.17) is 4.74 Å². The zero-order chi connectivity index (χ0) is 14.6. The van der Waals surface area contributed by atoms with Gasteiger partial charge in [0.1, 0.15) is 0 Å². The van der Waals surface area contributed by atoms with Gasteiger partial charge in [0.2, 0.25) is 0 Å². The van der Waals surface area contributed by atoms with Crippen molar-refractivity contribution in [1.82, 2.24) is 5.32 Å². The van der Waals surface area contributed by atoms with Crippen LogP contribution in [0.4, 0.5) is 5.69 Å². The molecule has 0 bridgehead atoms. The maximum absolute atomic E-state index is 5.57. The number of rotatable bonds is 11. The number of para-hydroxylation sites is 1. The summed E-state index contributed by atoms with van der Waals surface area (Å²) in [5, 5.41) is 3.43. The third kappa shape index (κ3) is 8.18. The standard InChI is InChI=1S/C17H30N2O/c1-16(2)10-14-20-15-12-18-11-7-13-19(3)17-8-5-4-6-9-17/h4-6,8-9,16,18H,7,10-15H2,1-3H3. The molecule has 0 aliphatic rings. The normalized spacial score (nSPS) is 11.0. The summed E-state index contributed by atoms with van der Waals surface area (Å²) in [5.41, 5.74) is 1.28. The fourth-order valence-corrected chi connectivity index (χ4v) is 1.94. The molecule has 114 valence electrons. The van der Waals surface area contributed by atoms with Crippen molar-refractivity contribution in [2.75, 3.05) is 44.8 Å². The van der Waals surface area contributed by atoms with E-state index in [9.17, 15) is 0 Å². The third-order valence-corrected chi connectivity index (χ3v) is 3.31. The van der Waals surface area contributed by atoms with Crippen LogP contribution in [0.2, 0.25) is 0 Å². The molecular formula is C17H30N2O. The highest BCUT2D eigenvalue weighted by Crippen LogP contribution is 2.10. The molecule has 0 aliphatic heterocycles. The van der Waals surface area contributed by atoms with Gasteiger partial charge in [-0.15, -0.1) is 0 Å². The maximum Gasteiger partial charge on any atom is 0.0590 e. The first-order valence-corrected chi connectivity index (χ1v) is 7.75. The van der Waals surface area contributed by atoms with E-state index in [1.807, 2.05) is 0 Å². The minimum atomic E-state index is 0.733. The van der Waals surface area contributed by atoms with Crippen molar-refractivity contribution in [2.24, 2.45) is 5.92 Å². The number of ether oxygens (including phenoxy) is 1. The molecule has 1 rings (SSSR count). The quantitative estimate of drug-likeness (QED) is 0.629. The van der Waals surface area contributed by atoms with Gasteiger partial charge in [0.15, 0.2) is 0 Å². The van der Waals surface area contributed by atoms with E-state index in [0.717, 1.165) is 51.6 Å². The minimum absolute atomic E-state index is 0.733.